The molecule has 0 amide bonds. The predicted octanol–water partition coefficient (Wildman–Crippen LogP) is 7.48. The number of nitrogens with zero attached hydrogens (tertiary/aromatic N) is 4. The lowest BCUT2D eigenvalue weighted by Crippen LogP contribution is -2.25. The van der Waals surface area contributed by atoms with Crippen LogP contribution in [-0.2, 0) is 6.61 Å². The van der Waals surface area contributed by atoms with Crippen molar-refractivity contribution in [1.29, 1.82) is 0 Å². The van der Waals surface area contributed by atoms with Gasteiger partial charge in [-0.15, -0.1) is 0 Å². The Morgan fingerprint density at radius 2 is 1.82 bits per heavy atom. The first-order valence-corrected chi connectivity index (χ1v) is 14.0. The van der Waals surface area contributed by atoms with Crippen LogP contribution in [0.25, 0.3) is 10.9 Å². The van der Waals surface area contributed by atoms with Crippen molar-refractivity contribution in [3.63, 3.8) is 0 Å². The van der Waals surface area contributed by atoms with Gasteiger partial charge in [0.05, 0.1) is 22.0 Å². The van der Waals surface area contributed by atoms with E-state index in [9.17, 15) is 19.3 Å². The van der Waals surface area contributed by atoms with Gasteiger partial charge in [-0.3, -0.25) is 14.9 Å². The normalized spacial score (nSPS) is 14.2. The van der Waals surface area contributed by atoms with Crippen LogP contribution in [0.15, 0.2) is 73.4 Å². The molecule has 5 rings (SSSR count). The summed E-state index contributed by atoms with van der Waals surface area (Å²) in [6.45, 7) is -0.0254. The summed E-state index contributed by atoms with van der Waals surface area (Å²) in [7, 11) is 0. The Kier molecular flexibility index (Phi) is 8.18. The molecule has 0 saturated heterocycles. The van der Waals surface area contributed by atoms with E-state index in [1.54, 1.807) is 30.3 Å². The molecule has 1 aliphatic rings. The highest BCUT2D eigenvalue weighted by atomic mass is 79.9. The number of ether oxygens (including phenoxy) is 1. The van der Waals surface area contributed by atoms with Gasteiger partial charge in [0, 0.05) is 26.5 Å². The number of hydrogen-bond acceptors (Lipinski definition) is 6. The molecule has 1 aliphatic carbocycles. The minimum absolute atomic E-state index is 0.0139. The smallest absolute Gasteiger partial charge is 0.312 e. The molecule has 8 nitrogen and oxygen atoms in total. The second kappa shape index (κ2) is 11.7. The van der Waals surface area contributed by atoms with Crippen molar-refractivity contribution in [3.05, 3.63) is 107 Å². The van der Waals surface area contributed by atoms with Gasteiger partial charge < -0.3 is 4.74 Å². The number of hydrogen-bond donors (Lipinski definition) is 0. The van der Waals surface area contributed by atoms with E-state index in [1.165, 1.54) is 29.1 Å². The Morgan fingerprint density at radius 1 is 1.08 bits per heavy atom. The topological polar surface area (TPSA) is 99.6 Å². The first kappa shape index (κ1) is 27.1. The Morgan fingerprint density at radius 3 is 2.54 bits per heavy atom. The molecule has 0 aliphatic heterocycles. The van der Waals surface area contributed by atoms with Crippen LogP contribution >= 0.6 is 31.9 Å². The number of nitro benzene ring substituents is 1. The summed E-state index contributed by atoms with van der Waals surface area (Å²) in [6.07, 6.45) is 6.42. The first-order valence-electron chi connectivity index (χ1n) is 12.4. The Labute approximate surface area is 239 Å². The van der Waals surface area contributed by atoms with Gasteiger partial charge in [-0.05, 0) is 54.8 Å². The fourth-order valence-corrected chi connectivity index (χ4v) is 5.57. The summed E-state index contributed by atoms with van der Waals surface area (Å²) >= 11 is 6.75. The van der Waals surface area contributed by atoms with E-state index in [1.807, 2.05) is 6.07 Å². The number of benzene rings is 3. The van der Waals surface area contributed by atoms with E-state index in [4.69, 9.17) is 9.72 Å². The fourth-order valence-electron chi connectivity index (χ4n) is 4.75. The third-order valence-electron chi connectivity index (χ3n) is 6.67. The van der Waals surface area contributed by atoms with E-state index >= 15 is 0 Å². The highest BCUT2D eigenvalue weighted by molar-refractivity contribution is 9.10. The lowest BCUT2D eigenvalue weighted by atomic mass is 9.88. The fraction of sp³-hybridized carbons (Fsp3) is 0.250. The third kappa shape index (κ3) is 6.09. The molecule has 4 aromatic rings. The van der Waals surface area contributed by atoms with Crippen LogP contribution in [0.2, 0.25) is 0 Å². The van der Waals surface area contributed by atoms with Crippen molar-refractivity contribution in [1.82, 2.24) is 9.66 Å². The monoisotopic (exact) mass is 656 g/mol. The van der Waals surface area contributed by atoms with E-state index in [0.29, 0.717) is 32.3 Å². The predicted molar refractivity (Wildman–Crippen MR) is 154 cm³/mol. The average molecular weight is 658 g/mol. The van der Waals surface area contributed by atoms with E-state index in [2.05, 4.69) is 37.0 Å². The van der Waals surface area contributed by atoms with Gasteiger partial charge in [0.15, 0.2) is 0 Å². The molecule has 0 bridgehead atoms. The van der Waals surface area contributed by atoms with Crippen molar-refractivity contribution in [2.24, 2.45) is 5.10 Å². The first-order chi connectivity index (χ1) is 18.8. The highest BCUT2D eigenvalue weighted by Crippen LogP contribution is 2.35. The molecule has 1 heterocycles. The van der Waals surface area contributed by atoms with Gasteiger partial charge in [0.25, 0.3) is 5.56 Å². The SMILES string of the molecule is O=c1c2cc(Br)ccc2nc(C2CCCCC2)n1N=Cc1cc(Br)cc([N+](=O)[O-])c1OCc1ccc(F)cc1. The van der Waals surface area contributed by atoms with Gasteiger partial charge in [-0.1, -0.05) is 63.3 Å². The van der Waals surface area contributed by atoms with E-state index in [0.717, 1.165) is 36.6 Å². The summed E-state index contributed by atoms with van der Waals surface area (Å²) in [5.41, 5.74) is 0.937. The molecule has 39 heavy (non-hydrogen) atoms. The summed E-state index contributed by atoms with van der Waals surface area (Å²) in [5, 5.41) is 16.8. The standard InChI is InChI=1S/C28H23Br2FN4O4/c29-20-8-11-24-23(13-20)28(36)34(27(33-24)18-4-2-1-3-5-18)32-15-19-12-21(30)14-25(35(37)38)26(19)39-16-17-6-9-22(31)10-7-17/h6-15,18H,1-5,16H2. The maximum atomic E-state index is 13.6. The molecule has 1 fully saturated rings. The minimum Gasteiger partial charge on any atom is -0.481 e. The van der Waals surface area contributed by atoms with E-state index in [-0.39, 0.29) is 29.5 Å². The average Bonchev–Trinajstić information content (AvgIpc) is 2.93. The molecular weight excluding hydrogens is 635 g/mol. The zero-order valence-electron chi connectivity index (χ0n) is 20.6. The second-order valence-corrected chi connectivity index (χ2v) is 11.2. The molecule has 0 radical (unpaired) electrons. The minimum atomic E-state index is -0.545. The van der Waals surface area contributed by atoms with E-state index < -0.39 is 10.7 Å². The van der Waals surface area contributed by atoms with Crippen molar-refractivity contribution in [2.75, 3.05) is 0 Å². The van der Waals surface area contributed by atoms with Crippen LogP contribution in [-0.4, -0.2) is 20.8 Å². The molecule has 0 unspecified atom stereocenters. The summed E-state index contributed by atoms with van der Waals surface area (Å²) in [5.74, 6) is 0.239. The molecule has 200 valence electrons. The van der Waals surface area contributed by atoms with Crippen molar-refractivity contribution < 1.29 is 14.1 Å². The number of rotatable bonds is 7. The molecule has 3 aromatic carbocycles. The van der Waals surface area contributed by atoms with Crippen molar-refractivity contribution in [3.8, 4) is 5.75 Å². The van der Waals surface area contributed by atoms with Crippen LogP contribution < -0.4 is 10.3 Å². The van der Waals surface area contributed by atoms with Gasteiger partial charge in [0.1, 0.15) is 18.2 Å². The largest absolute Gasteiger partial charge is 0.481 e. The molecular formula is C28H23Br2FN4O4. The summed E-state index contributed by atoms with van der Waals surface area (Å²) in [4.78, 5) is 29.8. The quantitative estimate of drug-likeness (QED) is 0.117. The Bertz CT molecular complexity index is 1630. The lowest BCUT2D eigenvalue weighted by molar-refractivity contribution is -0.386. The van der Waals surface area contributed by atoms with Crippen LogP contribution in [0.3, 0.4) is 0 Å². The highest BCUT2D eigenvalue weighted by Gasteiger charge is 2.24. The van der Waals surface area contributed by atoms with Crippen LogP contribution in [0.4, 0.5) is 10.1 Å². The van der Waals surface area contributed by atoms with Crippen LogP contribution in [0.5, 0.6) is 5.75 Å². The van der Waals surface area contributed by atoms with Gasteiger partial charge in [-0.25, -0.2) is 9.37 Å². The number of aromatic nitrogens is 2. The molecule has 0 atom stereocenters. The second-order valence-electron chi connectivity index (χ2n) is 9.34. The summed E-state index contributed by atoms with van der Waals surface area (Å²) < 4.78 is 21.7. The Balaban J connectivity index is 1.61. The maximum Gasteiger partial charge on any atom is 0.312 e. The van der Waals surface area contributed by atoms with Gasteiger partial charge >= 0.3 is 5.69 Å². The molecule has 0 N–H and O–H groups in total. The summed E-state index contributed by atoms with van der Waals surface area (Å²) in [6, 6.07) is 14.0. The zero-order chi connectivity index (χ0) is 27.5. The Hall–Kier alpha value is -3.44. The van der Waals surface area contributed by atoms with Crippen LogP contribution in [0, 0.1) is 15.9 Å². The van der Waals surface area contributed by atoms with Gasteiger partial charge in [-0.2, -0.15) is 9.78 Å². The number of fused-ring (bicyclic) bond motifs is 1. The maximum absolute atomic E-state index is 13.6. The van der Waals surface area contributed by atoms with Crippen LogP contribution in [0.1, 0.15) is 55.0 Å². The number of halogens is 3. The third-order valence-corrected chi connectivity index (χ3v) is 7.62. The molecule has 1 saturated carbocycles. The molecule has 11 heteroatoms. The molecule has 1 aromatic heterocycles. The van der Waals surface area contributed by atoms with Crippen molar-refractivity contribution >= 4 is 54.7 Å². The zero-order valence-corrected chi connectivity index (χ0v) is 23.8. The molecule has 0 spiro atoms. The lowest BCUT2D eigenvalue weighted by Gasteiger charge is -2.22. The van der Waals surface area contributed by atoms with Crippen molar-refractivity contribution in [2.45, 2.75) is 44.6 Å². The van der Waals surface area contributed by atoms with Gasteiger partial charge in [0.2, 0.25) is 5.75 Å². The number of nitro groups is 1.